The highest BCUT2D eigenvalue weighted by Crippen LogP contribution is 2.35. The molecule has 0 fully saturated rings. The Kier molecular flexibility index (Phi) is 3.73. The number of carboxylic acids is 1. The summed E-state index contributed by atoms with van der Waals surface area (Å²) in [5.41, 5.74) is 3.10. The van der Waals surface area contributed by atoms with E-state index in [1.807, 2.05) is 42.5 Å². The number of hydrogen-bond acceptors (Lipinski definition) is 2. The SMILES string of the molecule is O=C(O)C1CN(C/C=C/c2ccccc2)c2ccccc21. The van der Waals surface area contributed by atoms with Crippen LogP contribution in [0.15, 0.2) is 60.7 Å². The van der Waals surface area contributed by atoms with Gasteiger partial charge in [-0.2, -0.15) is 0 Å². The Hall–Kier alpha value is -2.55. The van der Waals surface area contributed by atoms with Gasteiger partial charge < -0.3 is 10.0 Å². The van der Waals surface area contributed by atoms with Gasteiger partial charge in [-0.1, -0.05) is 60.7 Å². The van der Waals surface area contributed by atoms with Crippen LogP contribution in [0.2, 0.25) is 0 Å². The molecule has 3 heteroatoms. The third-order valence-electron chi connectivity index (χ3n) is 3.79. The first-order valence-electron chi connectivity index (χ1n) is 7.04. The molecular formula is C18H17NO2. The summed E-state index contributed by atoms with van der Waals surface area (Å²) in [6.07, 6.45) is 4.15. The zero-order chi connectivity index (χ0) is 14.7. The van der Waals surface area contributed by atoms with Gasteiger partial charge in [0.05, 0.1) is 0 Å². The lowest BCUT2D eigenvalue weighted by Crippen LogP contribution is -2.24. The van der Waals surface area contributed by atoms with Gasteiger partial charge in [-0.05, 0) is 17.2 Å². The van der Waals surface area contributed by atoms with E-state index in [9.17, 15) is 9.90 Å². The van der Waals surface area contributed by atoms with Crippen LogP contribution in [0.4, 0.5) is 5.69 Å². The van der Waals surface area contributed by atoms with Crippen LogP contribution < -0.4 is 4.90 Å². The molecule has 1 N–H and O–H groups in total. The standard InChI is InChI=1S/C18H17NO2/c20-18(21)16-13-19(17-11-5-4-10-15(16)17)12-6-9-14-7-2-1-3-8-14/h1-11,16H,12-13H2,(H,20,21)/b9-6+. The molecule has 0 aliphatic carbocycles. The minimum atomic E-state index is -0.753. The quantitative estimate of drug-likeness (QED) is 0.932. The zero-order valence-corrected chi connectivity index (χ0v) is 11.6. The molecule has 0 amide bonds. The van der Waals surface area contributed by atoms with Gasteiger partial charge in [0.25, 0.3) is 0 Å². The van der Waals surface area contributed by atoms with E-state index in [0.29, 0.717) is 6.54 Å². The molecule has 2 aromatic carbocycles. The molecule has 0 aromatic heterocycles. The molecule has 0 radical (unpaired) electrons. The second-order valence-electron chi connectivity index (χ2n) is 5.17. The van der Waals surface area contributed by atoms with Crippen molar-refractivity contribution in [3.05, 3.63) is 71.8 Å². The predicted octanol–water partition coefficient (Wildman–Crippen LogP) is 3.39. The van der Waals surface area contributed by atoms with E-state index in [4.69, 9.17) is 0 Å². The lowest BCUT2D eigenvalue weighted by molar-refractivity contribution is -0.138. The largest absolute Gasteiger partial charge is 0.481 e. The van der Waals surface area contributed by atoms with Gasteiger partial charge in [-0.15, -0.1) is 0 Å². The third kappa shape index (κ3) is 2.82. The maximum Gasteiger partial charge on any atom is 0.312 e. The van der Waals surface area contributed by atoms with E-state index in [0.717, 1.165) is 23.4 Å². The first kappa shape index (κ1) is 13.4. The summed E-state index contributed by atoms with van der Waals surface area (Å²) in [6, 6.07) is 17.9. The molecule has 2 aromatic rings. The van der Waals surface area contributed by atoms with Crippen molar-refractivity contribution < 1.29 is 9.90 Å². The Morgan fingerprint density at radius 2 is 1.86 bits per heavy atom. The van der Waals surface area contributed by atoms with Crippen LogP contribution in [0, 0.1) is 0 Å². The molecule has 1 atom stereocenters. The molecule has 1 unspecified atom stereocenters. The van der Waals surface area contributed by atoms with Gasteiger partial charge in [0.2, 0.25) is 0 Å². The van der Waals surface area contributed by atoms with Gasteiger partial charge >= 0.3 is 5.97 Å². The summed E-state index contributed by atoms with van der Waals surface area (Å²) in [7, 11) is 0. The number of para-hydroxylation sites is 1. The summed E-state index contributed by atoms with van der Waals surface area (Å²) in [4.78, 5) is 13.5. The molecular weight excluding hydrogens is 262 g/mol. The Balaban J connectivity index is 1.75. The molecule has 3 nitrogen and oxygen atoms in total. The number of benzene rings is 2. The number of aliphatic carboxylic acids is 1. The fraction of sp³-hybridized carbons (Fsp3) is 0.167. The summed E-state index contributed by atoms with van der Waals surface area (Å²) < 4.78 is 0. The molecule has 3 rings (SSSR count). The van der Waals surface area contributed by atoms with E-state index in [-0.39, 0.29) is 0 Å². The maximum absolute atomic E-state index is 11.4. The van der Waals surface area contributed by atoms with E-state index >= 15 is 0 Å². The molecule has 106 valence electrons. The molecule has 0 saturated carbocycles. The lowest BCUT2D eigenvalue weighted by Gasteiger charge is -2.17. The Morgan fingerprint density at radius 1 is 1.14 bits per heavy atom. The molecule has 21 heavy (non-hydrogen) atoms. The second-order valence-corrected chi connectivity index (χ2v) is 5.17. The molecule has 0 bridgehead atoms. The molecule has 0 saturated heterocycles. The molecule has 0 spiro atoms. The van der Waals surface area contributed by atoms with E-state index in [1.54, 1.807) is 0 Å². The summed E-state index contributed by atoms with van der Waals surface area (Å²) in [5.74, 6) is -1.18. The minimum Gasteiger partial charge on any atom is -0.481 e. The van der Waals surface area contributed by atoms with Crippen LogP contribution in [-0.2, 0) is 4.79 Å². The van der Waals surface area contributed by atoms with Crippen molar-refractivity contribution in [3.63, 3.8) is 0 Å². The highest BCUT2D eigenvalue weighted by molar-refractivity contribution is 5.83. The highest BCUT2D eigenvalue weighted by atomic mass is 16.4. The first-order chi connectivity index (χ1) is 10.3. The lowest BCUT2D eigenvalue weighted by atomic mass is 10.0. The average Bonchev–Trinajstić information content (AvgIpc) is 2.88. The maximum atomic E-state index is 11.4. The number of carboxylic acid groups (broad SMARTS) is 1. The van der Waals surface area contributed by atoms with Crippen molar-refractivity contribution in [1.29, 1.82) is 0 Å². The average molecular weight is 279 g/mol. The van der Waals surface area contributed by atoms with Gasteiger partial charge in [0.15, 0.2) is 0 Å². The fourth-order valence-corrected chi connectivity index (χ4v) is 2.75. The van der Waals surface area contributed by atoms with E-state index < -0.39 is 11.9 Å². The van der Waals surface area contributed by atoms with Crippen LogP contribution in [-0.4, -0.2) is 24.2 Å². The van der Waals surface area contributed by atoms with E-state index in [2.05, 4.69) is 29.2 Å². The van der Waals surface area contributed by atoms with Gasteiger partial charge in [-0.3, -0.25) is 4.79 Å². The van der Waals surface area contributed by atoms with Gasteiger partial charge in [-0.25, -0.2) is 0 Å². The van der Waals surface area contributed by atoms with Crippen LogP contribution >= 0.6 is 0 Å². The number of rotatable bonds is 4. The molecule has 1 aliphatic rings. The fourth-order valence-electron chi connectivity index (χ4n) is 2.75. The van der Waals surface area contributed by atoms with Crippen molar-refractivity contribution in [1.82, 2.24) is 0 Å². The number of fused-ring (bicyclic) bond motifs is 1. The number of nitrogens with zero attached hydrogens (tertiary/aromatic N) is 1. The smallest absolute Gasteiger partial charge is 0.312 e. The molecule has 1 heterocycles. The van der Waals surface area contributed by atoms with Crippen LogP contribution in [0.1, 0.15) is 17.0 Å². The Morgan fingerprint density at radius 3 is 2.62 bits per heavy atom. The van der Waals surface area contributed by atoms with Gasteiger partial charge in [0, 0.05) is 18.8 Å². The summed E-state index contributed by atoms with van der Waals surface area (Å²) in [5, 5.41) is 9.34. The third-order valence-corrected chi connectivity index (χ3v) is 3.79. The van der Waals surface area contributed by atoms with E-state index in [1.165, 1.54) is 0 Å². The van der Waals surface area contributed by atoms with Crippen LogP contribution in [0.3, 0.4) is 0 Å². The number of hydrogen-bond donors (Lipinski definition) is 1. The second kappa shape index (κ2) is 5.83. The van der Waals surface area contributed by atoms with Crippen molar-refractivity contribution in [3.8, 4) is 0 Å². The highest BCUT2D eigenvalue weighted by Gasteiger charge is 2.32. The number of anilines is 1. The van der Waals surface area contributed by atoms with Crippen molar-refractivity contribution in [2.75, 3.05) is 18.0 Å². The summed E-state index contributed by atoms with van der Waals surface area (Å²) in [6.45, 7) is 1.25. The zero-order valence-electron chi connectivity index (χ0n) is 11.6. The Labute approximate surface area is 124 Å². The normalized spacial score (nSPS) is 17.1. The van der Waals surface area contributed by atoms with Crippen molar-refractivity contribution in [2.24, 2.45) is 0 Å². The Bertz CT molecular complexity index is 664. The minimum absolute atomic E-state index is 0.425. The first-order valence-corrected chi connectivity index (χ1v) is 7.04. The monoisotopic (exact) mass is 279 g/mol. The number of carbonyl (C=O) groups is 1. The topological polar surface area (TPSA) is 40.5 Å². The van der Waals surface area contributed by atoms with Gasteiger partial charge in [0.1, 0.15) is 5.92 Å². The summed E-state index contributed by atoms with van der Waals surface area (Å²) >= 11 is 0. The van der Waals surface area contributed by atoms with Crippen molar-refractivity contribution >= 4 is 17.7 Å². The van der Waals surface area contributed by atoms with Crippen LogP contribution in [0.5, 0.6) is 0 Å². The molecule has 1 aliphatic heterocycles. The van der Waals surface area contributed by atoms with Crippen LogP contribution in [0.25, 0.3) is 6.08 Å². The predicted molar refractivity (Wildman–Crippen MR) is 84.5 cm³/mol. The van der Waals surface area contributed by atoms with Crippen molar-refractivity contribution in [2.45, 2.75) is 5.92 Å².